The van der Waals surface area contributed by atoms with Crippen molar-refractivity contribution in [2.24, 2.45) is 11.3 Å². The van der Waals surface area contributed by atoms with Gasteiger partial charge in [0.1, 0.15) is 5.82 Å². The van der Waals surface area contributed by atoms with E-state index in [0.717, 1.165) is 36.8 Å². The monoisotopic (exact) mass is 264 g/mol. The molecule has 2 rings (SSSR count). The second-order valence-electron chi connectivity index (χ2n) is 7.13. The van der Waals surface area contributed by atoms with Crippen LogP contribution >= 0.6 is 0 Å². The topological polar surface area (TPSA) is 20.2 Å². The van der Waals surface area contributed by atoms with Crippen LogP contribution < -0.4 is 0 Å². The molecule has 0 aromatic heterocycles. The SMILES string of the molecule is Cc1ccc(F)cc1C1(O)CCC(C(C)(C)C)CC1. The molecule has 1 aromatic rings. The first kappa shape index (κ1) is 14.5. The molecule has 0 radical (unpaired) electrons. The van der Waals surface area contributed by atoms with Gasteiger partial charge in [-0.1, -0.05) is 26.8 Å². The first-order chi connectivity index (χ1) is 8.72. The van der Waals surface area contributed by atoms with Gasteiger partial charge in [-0.15, -0.1) is 0 Å². The van der Waals surface area contributed by atoms with E-state index in [9.17, 15) is 9.50 Å². The van der Waals surface area contributed by atoms with Crippen LogP contribution in [-0.2, 0) is 5.60 Å². The first-order valence-corrected chi connectivity index (χ1v) is 7.21. The van der Waals surface area contributed by atoms with Gasteiger partial charge in [0, 0.05) is 0 Å². The fourth-order valence-electron chi connectivity index (χ4n) is 3.33. The summed E-state index contributed by atoms with van der Waals surface area (Å²) < 4.78 is 13.4. The minimum atomic E-state index is -0.839. The Morgan fingerprint density at radius 3 is 2.32 bits per heavy atom. The second kappa shape index (κ2) is 4.90. The molecule has 1 saturated carbocycles. The minimum absolute atomic E-state index is 0.257. The Bertz CT molecular complexity index is 451. The molecule has 0 aliphatic heterocycles. The molecule has 106 valence electrons. The van der Waals surface area contributed by atoms with E-state index in [2.05, 4.69) is 20.8 Å². The molecule has 0 atom stereocenters. The highest BCUT2D eigenvalue weighted by atomic mass is 19.1. The summed E-state index contributed by atoms with van der Waals surface area (Å²) in [5.74, 6) is 0.383. The summed E-state index contributed by atoms with van der Waals surface area (Å²) in [5, 5.41) is 10.9. The highest BCUT2D eigenvalue weighted by Crippen LogP contribution is 2.46. The Labute approximate surface area is 115 Å². The summed E-state index contributed by atoms with van der Waals surface area (Å²) >= 11 is 0. The second-order valence-corrected chi connectivity index (χ2v) is 7.13. The zero-order valence-corrected chi connectivity index (χ0v) is 12.5. The third-order valence-corrected chi connectivity index (χ3v) is 4.74. The van der Waals surface area contributed by atoms with E-state index < -0.39 is 5.60 Å². The summed E-state index contributed by atoms with van der Waals surface area (Å²) in [6.07, 6.45) is 3.49. The smallest absolute Gasteiger partial charge is 0.123 e. The molecule has 0 saturated heterocycles. The van der Waals surface area contributed by atoms with Crippen molar-refractivity contribution in [3.63, 3.8) is 0 Å². The van der Waals surface area contributed by atoms with Crippen LogP contribution in [0, 0.1) is 24.1 Å². The number of benzene rings is 1. The number of aliphatic hydroxyl groups is 1. The third-order valence-electron chi connectivity index (χ3n) is 4.74. The fourth-order valence-corrected chi connectivity index (χ4v) is 3.33. The molecule has 2 heteroatoms. The molecule has 1 N–H and O–H groups in total. The molecule has 19 heavy (non-hydrogen) atoms. The highest BCUT2D eigenvalue weighted by molar-refractivity contribution is 5.32. The molecule has 0 spiro atoms. The predicted molar refractivity (Wildman–Crippen MR) is 76.4 cm³/mol. The van der Waals surface area contributed by atoms with Gasteiger partial charge in [0.25, 0.3) is 0 Å². The molecule has 0 unspecified atom stereocenters. The summed E-state index contributed by atoms with van der Waals surface area (Å²) in [7, 11) is 0. The molecule has 1 aliphatic rings. The van der Waals surface area contributed by atoms with Gasteiger partial charge in [-0.3, -0.25) is 0 Å². The van der Waals surface area contributed by atoms with Gasteiger partial charge in [-0.05, 0) is 67.2 Å². The maximum atomic E-state index is 13.4. The Balaban J connectivity index is 2.20. The molecular weight excluding hydrogens is 239 g/mol. The Hall–Kier alpha value is -0.890. The third kappa shape index (κ3) is 3.00. The quantitative estimate of drug-likeness (QED) is 0.788. The van der Waals surface area contributed by atoms with Gasteiger partial charge in [-0.25, -0.2) is 4.39 Å². The molecule has 1 nitrogen and oxygen atoms in total. The summed E-state index contributed by atoms with van der Waals surface area (Å²) in [5.41, 5.74) is 1.21. The van der Waals surface area contributed by atoms with Crippen LogP contribution in [-0.4, -0.2) is 5.11 Å². The Kier molecular flexibility index (Phi) is 3.74. The van der Waals surface area contributed by atoms with Crippen molar-refractivity contribution in [2.45, 2.75) is 59.0 Å². The predicted octanol–water partition coefficient (Wildman–Crippen LogP) is 4.56. The zero-order chi connectivity index (χ0) is 14.3. The Morgan fingerprint density at radius 2 is 1.79 bits per heavy atom. The molecule has 0 amide bonds. The number of hydrogen-bond donors (Lipinski definition) is 1. The van der Waals surface area contributed by atoms with Crippen molar-refractivity contribution in [1.82, 2.24) is 0 Å². The lowest BCUT2D eigenvalue weighted by atomic mass is 9.66. The average Bonchev–Trinajstić information content (AvgIpc) is 2.31. The van der Waals surface area contributed by atoms with Crippen LogP contribution in [0.15, 0.2) is 18.2 Å². The number of hydrogen-bond acceptors (Lipinski definition) is 1. The van der Waals surface area contributed by atoms with E-state index in [4.69, 9.17) is 0 Å². The summed E-state index contributed by atoms with van der Waals surface area (Å²) in [6.45, 7) is 8.73. The summed E-state index contributed by atoms with van der Waals surface area (Å²) in [6, 6.07) is 4.73. The standard InChI is InChI=1S/C17H25FO/c1-12-5-6-14(18)11-15(12)17(19)9-7-13(8-10-17)16(2,3)4/h5-6,11,13,19H,7-10H2,1-4H3. The van der Waals surface area contributed by atoms with E-state index in [1.54, 1.807) is 6.07 Å². The van der Waals surface area contributed by atoms with Crippen molar-refractivity contribution < 1.29 is 9.50 Å². The normalized spacial score (nSPS) is 28.4. The van der Waals surface area contributed by atoms with E-state index in [1.807, 2.05) is 6.92 Å². The van der Waals surface area contributed by atoms with Crippen molar-refractivity contribution in [3.05, 3.63) is 35.1 Å². The van der Waals surface area contributed by atoms with E-state index in [1.165, 1.54) is 12.1 Å². The molecule has 0 heterocycles. The van der Waals surface area contributed by atoms with Gasteiger partial charge >= 0.3 is 0 Å². The lowest BCUT2D eigenvalue weighted by molar-refractivity contribution is -0.0304. The maximum Gasteiger partial charge on any atom is 0.123 e. The number of rotatable bonds is 1. The van der Waals surface area contributed by atoms with Crippen LogP contribution in [0.2, 0.25) is 0 Å². The van der Waals surface area contributed by atoms with Crippen LogP contribution in [0.3, 0.4) is 0 Å². The Morgan fingerprint density at radius 1 is 1.21 bits per heavy atom. The molecule has 1 aromatic carbocycles. The molecular formula is C17H25FO. The molecule has 1 aliphatic carbocycles. The molecule has 1 fully saturated rings. The van der Waals surface area contributed by atoms with Gasteiger partial charge in [0.05, 0.1) is 5.60 Å². The fraction of sp³-hybridized carbons (Fsp3) is 0.647. The lowest BCUT2D eigenvalue weighted by Crippen LogP contribution is -2.36. The van der Waals surface area contributed by atoms with E-state index in [0.29, 0.717) is 5.92 Å². The van der Waals surface area contributed by atoms with E-state index >= 15 is 0 Å². The van der Waals surface area contributed by atoms with Gasteiger partial charge in [0.2, 0.25) is 0 Å². The van der Waals surface area contributed by atoms with Crippen LogP contribution in [0.25, 0.3) is 0 Å². The van der Waals surface area contributed by atoms with Gasteiger partial charge in [0.15, 0.2) is 0 Å². The number of halogens is 1. The molecule has 0 bridgehead atoms. The largest absolute Gasteiger partial charge is 0.385 e. The van der Waals surface area contributed by atoms with Crippen molar-refractivity contribution in [2.75, 3.05) is 0 Å². The highest BCUT2D eigenvalue weighted by Gasteiger charge is 2.39. The lowest BCUT2D eigenvalue weighted by Gasteiger charge is -2.42. The van der Waals surface area contributed by atoms with Crippen LogP contribution in [0.5, 0.6) is 0 Å². The van der Waals surface area contributed by atoms with Crippen molar-refractivity contribution in [3.8, 4) is 0 Å². The summed E-state index contributed by atoms with van der Waals surface area (Å²) in [4.78, 5) is 0. The van der Waals surface area contributed by atoms with Gasteiger partial charge < -0.3 is 5.11 Å². The zero-order valence-electron chi connectivity index (χ0n) is 12.5. The van der Waals surface area contributed by atoms with Crippen molar-refractivity contribution >= 4 is 0 Å². The van der Waals surface area contributed by atoms with Crippen molar-refractivity contribution in [1.29, 1.82) is 0 Å². The van der Waals surface area contributed by atoms with E-state index in [-0.39, 0.29) is 11.2 Å². The average molecular weight is 264 g/mol. The first-order valence-electron chi connectivity index (χ1n) is 7.21. The van der Waals surface area contributed by atoms with Crippen LogP contribution in [0.1, 0.15) is 57.6 Å². The van der Waals surface area contributed by atoms with Crippen LogP contribution in [0.4, 0.5) is 4.39 Å². The maximum absolute atomic E-state index is 13.4. The number of aryl methyl sites for hydroxylation is 1. The van der Waals surface area contributed by atoms with Gasteiger partial charge in [-0.2, -0.15) is 0 Å². The minimum Gasteiger partial charge on any atom is -0.385 e.